The molecule has 8 heteroatoms. The summed E-state index contributed by atoms with van der Waals surface area (Å²) >= 11 is 2.17. The van der Waals surface area contributed by atoms with Crippen molar-refractivity contribution in [1.29, 1.82) is 0 Å². The molecule has 0 saturated heterocycles. The zero-order valence-corrected chi connectivity index (χ0v) is 16.8. The number of rotatable bonds is 7. The number of amides is 1. The van der Waals surface area contributed by atoms with Gasteiger partial charge >= 0.3 is 0 Å². The van der Waals surface area contributed by atoms with Gasteiger partial charge in [-0.15, -0.1) is 0 Å². The number of carbonyl (C=O) groups excluding carboxylic acids is 1. The molecule has 0 atom stereocenters. The van der Waals surface area contributed by atoms with E-state index < -0.39 is 15.9 Å². The van der Waals surface area contributed by atoms with Crippen molar-refractivity contribution in [2.75, 3.05) is 18.5 Å². The fraction of sp³-hybridized carbons (Fsp3) is 0.235. The predicted octanol–water partition coefficient (Wildman–Crippen LogP) is 3.24. The van der Waals surface area contributed by atoms with Gasteiger partial charge in [-0.2, -0.15) is 0 Å². The summed E-state index contributed by atoms with van der Waals surface area (Å²) in [4.78, 5) is 12.4. The highest BCUT2D eigenvalue weighted by Crippen LogP contribution is 2.26. The first kappa shape index (κ1) is 19.7. The van der Waals surface area contributed by atoms with Gasteiger partial charge in [0.25, 0.3) is 5.91 Å². The number of nitrogens with one attached hydrogen (secondary N) is 2. The van der Waals surface area contributed by atoms with E-state index in [1.165, 1.54) is 18.2 Å². The molecule has 0 unspecified atom stereocenters. The Labute approximate surface area is 161 Å². The third-order valence-corrected chi connectivity index (χ3v) is 5.52. The van der Waals surface area contributed by atoms with Crippen LogP contribution in [0.15, 0.2) is 47.4 Å². The smallest absolute Gasteiger partial charge is 0.255 e. The summed E-state index contributed by atoms with van der Waals surface area (Å²) < 4.78 is 33.6. The first-order valence-corrected chi connectivity index (χ1v) is 10.3. The zero-order valence-electron chi connectivity index (χ0n) is 13.9. The lowest BCUT2D eigenvalue weighted by Crippen LogP contribution is -2.24. The van der Waals surface area contributed by atoms with E-state index in [2.05, 4.69) is 32.6 Å². The number of hydrogen-bond donors (Lipinski definition) is 2. The second-order valence-electron chi connectivity index (χ2n) is 5.06. The lowest BCUT2D eigenvalue weighted by molar-refractivity contribution is 0.102. The molecule has 25 heavy (non-hydrogen) atoms. The van der Waals surface area contributed by atoms with E-state index in [-0.39, 0.29) is 22.8 Å². The van der Waals surface area contributed by atoms with Crippen LogP contribution in [0.25, 0.3) is 0 Å². The van der Waals surface area contributed by atoms with E-state index in [0.717, 1.165) is 3.57 Å². The maximum Gasteiger partial charge on any atom is 0.255 e. The third-order valence-electron chi connectivity index (χ3n) is 3.23. The Bertz CT molecular complexity index is 851. The average molecular weight is 474 g/mol. The van der Waals surface area contributed by atoms with Crippen LogP contribution >= 0.6 is 22.6 Å². The van der Waals surface area contributed by atoms with Crippen LogP contribution in [0.4, 0.5) is 5.69 Å². The fourth-order valence-electron chi connectivity index (χ4n) is 2.14. The van der Waals surface area contributed by atoms with Crippen LogP contribution in [0.2, 0.25) is 0 Å². The van der Waals surface area contributed by atoms with Gasteiger partial charge in [0, 0.05) is 21.4 Å². The van der Waals surface area contributed by atoms with Crippen LogP contribution in [0.1, 0.15) is 24.2 Å². The van der Waals surface area contributed by atoms with Gasteiger partial charge in [-0.1, -0.05) is 6.92 Å². The summed E-state index contributed by atoms with van der Waals surface area (Å²) in [6, 6.07) is 11.7. The first-order chi connectivity index (χ1) is 11.9. The Balaban J connectivity index is 2.35. The van der Waals surface area contributed by atoms with E-state index in [9.17, 15) is 13.2 Å². The van der Waals surface area contributed by atoms with Gasteiger partial charge in [-0.25, -0.2) is 13.1 Å². The molecular formula is C17H19IN2O4S. The van der Waals surface area contributed by atoms with Crippen LogP contribution in [-0.2, 0) is 10.0 Å². The lowest BCUT2D eigenvalue weighted by atomic mass is 10.2. The Kier molecular flexibility index (Phi) is 6.79. The number of ether oxygens (including phenoxy) is 1. The standard InChI is InChI=1S/C17H19IN2O4S/c1-3-19-25(22,23)16-11-12(5-10-15(16)24-4-2)17(21)20-14-8-6-13(18)7-9-14/h5-11,19H,3-4H2,1-2H3,(H,20,21). The molecular weight excluding hydrogens is 455 g/mol. The number of hydrogen-bond acceptors (Lipinski definition) is 4. The van der Waals surface area contributed by atoms with Crippen LogP contribution in [0, 0.1) is 3.57 Å². The maximum absolute atomic E-state index is 12.4. The van der Waals surface area contributed by atoms with Crippen molar-refractivity contribution in [3.8, 4) is 5.75 Å². The highest BCUT2D eigenvalue weighted by molar-refractivity contribution is 14.1. The number of sulfonamides is 1. The minimum absolute atomic E-state index is 0.0496. The highest BCUT2D eigenvalue weighted by Gasteiger charge is 2.21. The molecule has 1 amide bonds. The van der Waals surface area contributed by atoms with Crippen molar-refractivity contribution < 1.29 is 17.9 Å². The molecule has 2 N–H and O–H groups in total. The molecule has 0 bridgehead atoms. The molecule has 0 aliphatic carbocycles. The fourth-order valence-corrected chi connectivity index (χ4v) is 3.71. The second-order valence-corrected chi connectivity index (χ2v) is 8.04. The van der Waals surface area contributed by atoms with Crippen molar-refractivity contribution in [2.45, 2.75) is 18.7 Å². The average Bonchev–Trinajstić information content (AvgIpc) is 2.57. The van der Waals surface area contributed by atoms with Crippen molar-refractivity contribution in [2.24, 2.45) is 0 Å². The molecule has 0 heterocycles. The van der Waals surface area contributed by atoms with E-state index in [4.69, 9.17) is 4.74 Å². The van der Waals surface area contributed by atoms with Gasteiger partial charge in [-0.3, -0.25) is 4.79 Å². The number of anilines is 1. The SMILES string of the molecule is CCNS(=O)(=O)c1cc(C(=O)Nc2ccc(I)cc2)ccc1OCC. The molecule has 0 radical (unpaired) electrons. The molecule has 0 aromatic heterocycles. The molecule has 2 aromatic rings. The maximum atomic E-state index is 12.4. The molecule has 2 rings (SSSR count). The Morgan fingerprint density at radius 3 is 2.40 bits per heavy atom. The monoisotopic (exact) mass is 474 g/mol. The highest BCUT2D eigenvalue weighted by atomic mass is 127. The van der Waals surface area contributed by atoms with E-state index in [1.54, 1.807) is 26.0 Å². The molecule has 134 valence electrons. The second kappa shape index (κ2) is 8.63. The van der Waals surface area contributed by atoms with Crippen LogP contribution in [0.3, 0.4) is 0 Å². The summed E-state index contributed by atoms with van der Waals surface area (Å²) in [7, 11) is -3.75. The van der Waals surface area contributed by atoms with Crippen molar-refractivity contribution in [1.82, 2.24) is 4.72 Å². The molecule has 6 nitrogen and oxygen atoms in total. The summed E-state index contributed by atoms with van der Waals surface area (Å²) in [6.45, 7) is 4.02. The minimum atomic E-state index is -3.75. The third kappa shape index (κ3) is 5.16. The molecule has 0 spiro atoms. The van der Waals surface area contributed by atoms with Crippen molar-refractivity contribution in [3.63, 3.8) is 0 Å². The number of benzene rings is 2. The minimum Gasteiger partial charge on any atom is -0.492 e. The first-order valence-electron chi connectivity index (χ1n) is 7.70. The van der Waals surface area contributed by atoms with Crippen LogP contribution < -0.4 is 14.8 Å². The molecule has 0 fully saturated rings. The molecule has 0 saturated carbocycles. The quantitative estimate of drug-likeness (QED) is 0.604. The molecule has 0 aliphatic heterocycles. The van der Waals surface area contributed by atoms with E-state index >= 15 is 0 Å². The Hall–Kier alpha value is -1.65. The van der Waals surface area contributed by atoms with Crippen LogP contribution in [0.5, 0.6) is 5.75 Å². The number of halogens is 1. The van der Waals surface area contributed by atoms with Gasteiger partial charge in [0.1, 0.15) is 10.6 Å². The van der Waals surface area contributed by atoms with E-state index in [1.807, 2.05) is 12.1 Å². The summed E-state index contributed by atoms with van der Waals surface area (Å²) in [5.74, 6) is -0.175. The van der Waals surface area contributed by atoms with Gasteiger partial charge in [0.2, 0.25) is 10.0 Å². The zero-order chi connectivity index (χ0) is 18.4. The van der Waals surface area contributed by atoms with E-state index in [0.29, 0.717) is 12.3 Å². The normalized spacial score (nSPS) is 11.2. The number of carbonyl (C=O) groups is 1. The van der Waals surface area contributed by atoms with Crippen molar-refractivity contribution in [3.05, 3.63) is 51.6 Å². The lowest BCUT2D eigenvalue weighted by Gasteiger charge is -2.13. The Morgan fingerprint density at radius 1 is 1.12 bits per heavy atom. The van der Waals surface area contributed by atoms with Crippen molar-refractivity contribution >= 4 is 44.2 Å². The topological polar surface area (TPSA) is 84.5 Å². The van der Waals surface area contributed by atoms with Gasteiger partial charge in [0.05, 0.1) is 6.61 Å². The van der Waals surface area contributed by atoms with Gasteiger partial charge in [0.15, 0.2) is 0 Å². The largest absolute Gasteiger partial charge is 0.492 e. The van der Waals surface area contributed by atoms with Gasteiger partial charge < -0.3 is 10.1 Å². The summed E-state index contributed by atoms with van der Waals surface area (Å²) in [5.41, 5.74) is 0.869. The molecule has 0 aliphatic rings. The van der Waals surface area contributed by atoms with Crippen LogP contribution in [-0.4, -0.2) is 27.5 Å². The summed E-state index contributed by atoms with van der Waals surface area (Å²) in [5, 5.41) is 2.75. The Morgan fingerprint density at radius 2 is 1.80 bits per heavy atom. The predicted molar refractivity (Wildman–Crippen MR) is 106 cm³/mol. The summed E-state index contributed by atoms with van der Waals surface area (Å²) in [6.07, 6.45) is 0. The molecule has 2 aromatic carbocycles. The van der Waals surface area contributed by atoms with Gasteiger partial charge in [-0.05, 0) is 72.0 Å².